The molecule has 0 aliphatic heterocycles. The van der Waals surface area contributed by atoms with Gasteiger partial charge in [-0.25, -0.2) is 0 Å². The largest absolute Gasteiger partial charge is 0.345 e. The van der Waals surface area contributed by atoms with Crippen LogP contribution in [0, 0.1) is 11.8 Å². The normalized spacial score (nSPS) is 12.2. The molecule has 2 unspecified atom stereocenters. The van der Waals surface area contributed by atoms with Gasteiger partial charge in [-0.05, 0) is 373 Å². The van der Waals surface area contributed by atoms with Crippen molar-refractivity contribution in [3.05, 3.63) is 408 Å². The Bertz CT molecular complexity index is 7340. The third-order valence-corrected chi connectivity index (χ3v) is 28.9. The van der Waals surface area contributed by atoms with Gasteiger partial charge in [-0.3, -0.25) is 0 Å². The SMILES string of the molecule is CC(C)Cc1ccc2c(c1)c1cc(CC(C)C)ccc1n2-c1ccc(N(C)c2ccccc2)cc1.CCC(C)c1ccc2c(c1)c1cc(C(C)CC)ccc1n2-c1ccc(N(C)c2ccccc2)cc1.CCCCc1ccc2c(c1)c1cc(CCCC)ccc1n2-c1ccc(N(C)c2ccccc2)cc1.CN(c1ccccc1)c1ccc(-n2c3ccc(C(C)(C)C)cc3c3cc(C(C)(C)C)ccc32)cc1. The molecular formula is C132H144N8. The van der Waals surface area contributed by atoms with E-state index < -0.39 is 0 Å². The van der Waals surface area contributed by atoms with Gasteiger partial charge in [-0.15, -0.1) is 0 Å². The van der Waals surface area contributed by atoms with Crippen LogP contribution in [-0.4, -0.2) is 46.5 Å². The molecule has 0 fully saturated rings. The van der Waals surface area contributed by atoms with Crippen molar-refractivity contribution in [2.75, 3.05) is 47.8 Å². The number of aryl methyl sites for hydroxylation is 2. The zero-order valence-corrected chi connectivity index (χ0v) is 86.6. The summed E-state index contributed by atoms with van der Waals surface area (Å²) in [6.45, 7) is 36.6. The molecule has 140 heavy (non-hydrogen) atoms. The Morgan fingerprint density at radius 3 is 0.679 bits per heavy atom. The van der Waals surface area contributed by atoms with Gasteiger partial charge < -0.3 is 37.9 Å². The number of hydrogen-bond acceptors (Lipinski definition) is 4. The molecule has 2 atom stereocenters. The number of nitrogens with zero attached hydrogens (tertiary/aromatic N) is 8. The van der Waals surface area contributed by atoms with E-state index in [0.29, 0.717) is 23.7 Å². The quantitative estimate of drug-likeness (QED) is 0.0541. The van der Waals surface area contributed by atoms with Crippen LogP contribution in [0.3, 0.4) is 0 Å². The Morgan fingerprint density at radius 1 is 0.229 bits per heavy atom. The first-order chi connectivity index (χ1) is 67.6. The Hall–Kier alpha value is -14.1. The molecule has 20 rings (SSSR count). The molecule has 0 N–H and O–H groups in total. The minimum absolute atomic E-state index is 0.105. The van der Waals surface area contributed by atoms with E-state index in [1.54, 1.807) is 0 Å². The van der Waals surface area contributed by atoms with Gasteiger partial charge in [0, 0.05) is 140 Å². The van der Waals surface area contributed by atoms with Crippen molar-refractivity contribution in [2.24, 2.45) is 11.8 Å². The van der Waals surface area contributed by atoms with Crippen molar-refractivity contribution in [1.82, 2.24) is 18.3 Å². The van der Waals surface area contributed by atoms with Gasteiger partial charge in [0.05, 0.1) is 44.1 Å². The summed E-state index contributed by atoms with van der Waals surface area (Å²) in [6.07, 6.45) is 11.7. The molecule has 4 aromatic heterocycles. The highest BCUT2D eigenvalue weighted by molar-refractivity contribution is 6.13. The lowest BCUT2D eigenvalue weighted by Gasteiger charge is -2.20. The first kappa shape index (κ1) is 97.6. The first-order valence-corrected chi connectivity index (χ1v) is 51.5. The Balaban J connectivity index is 0.000000129. The predicted molar refractivity (Wildman–Crippen MR) is 610 cm³/mol. The van der Waals surface area contributed by atoms with E-state index in [4.69, 9.17) is 0 Å². The van der Waals surface area contributed by atoms with E-state index in [1.807, 2.05) is 0 Å². The molecule has 8 heteroatoms. The number of anilines is 8. The Kier molecular flexibility index (Phi) is 29.8. The standard InChI is InChI=1S/4C33H36N2/c1-32(2,3)23-13-19-30-28(21-23)29-22-24(33(4,5)6)14-20-31(29)35(30)27-17-15-26(16-18-27)34(7)25-11-9-8-10-12-25;1-23(2)19-25-11-17-32-30(21-25)31-22-26(20-24(3)4)12-18-33(31)35(32)29-15-13-28(14-16-29)34(5)27-9-7-6-8-10-27;1-6-23(3)25-13-19-32-30(21-25)31-22-26(24(4)7-2)14-20-33(31)35(32)29-17-15-28(16-18-29)34(5)27-11-9-8-10-12-27;1-4-6-11-25-15-21-32-30(23-25)31-24-26(12-7-5-2)16-22-33(31)35(32)29-19-17-28(18-20-29)34(3)27-13-9-8-10-14-27/h8-22H,1-7H3;6-18,21-24H,19-20H2,1-5H3;8-24H,6-7H2,1-5H3;8-10,13-24H,4-7,11-12H2,1-3H3. The summed E-state index contributed by atoms with van der Waals surface area (Å²) >= 11 is 0. The van der Waals surface area contributed by atoms with Crippen molar-refractivity contribution in [1.29, 1.82) is 0 Å². The molecule has 8 nitrogen and oxygen atoms in total. The molecule has 16 aromatic carbocycles. The lowest BCUT2D eigenvalue weighted by molar-refractivity contribution is 0.590. The van der Waals surface area contributed by atoms with Gasteiger partial charge in [0.1, 0.15) is 0 Å². The summed E-state index contributed by atoms with van der Waals surface area (Å²) in [5, 5.41) is 10.8. The molecular weight excluding hydrogens is 1700 g/mol. The third-order valence-electron chi connectivity index (χ3n) is 28.9. The van der Waals surface area contributed by atoms with Gasteiger partial charge in [0.2, 0.25) is 0 Å². The van der Waals surface area contributed by atoms with Gasteiger partial charge in [-0.1, -0.05) is 245 Å². The molecule has 0 saturated heterocycles. The molecule has 0 aliphatic rings. The molecule has 0 saturated carbocycles. The summed E-state index contributed by atoms with van der Waals surface area (Å²) in [6, 6.07) is 134. The van der Waals surface area contributed by atoms with E-state index in [0.717, 1.165) is 38.5 Å². The van der Waals surface area contributed by atoms with E-state index in [-0.39, 0.29) is 10.8 Å². The van der Waals surface area contributed by atoms with Crippen LogP contribution in [0.25, 0.3) is 110 Å². The van der Waals surface area contributed by atoms with E-state index in [9.17, 15) is 0 Å². The summed E-state index contributed by atoms with van der Waals surface area (Å²) in [4.78, 5) is 8.91. The summed E-state index contributed by atoms with van der Waals surface area (Å²) < 4.78 is 9.70. The predicted octanol–water partition coefficient (Wildman–Crippen LogP) is 36.9. The maximum absolute atomic E-state index is 2.44. The number of fused-ring (bicyclic) bond motifs is 12. The van der Waals surface area contributed by atoms with Crippen molar-refractivity contribution in [3.8, 4) is 22.7 Å². The average Bonchev–Trinajstić information content (AvgIpc) is 1.60. The van der Waals surface area contributed by atoms with Gasteiger partial charge in [0.25, 0.3) is 0 Å². The van der Waals surface area contributed by atoms with Crippen LogP contribution in [0.4, 0.5) is 45.5 Å². The topological polar surface area (TPSA) is 32.7 Å². The van der Waals surface area contributed by atoms with Crippen molar-refractivity contribution in [2.45, 2.75) is 198 Å². The van der Waals surface area contributed by atoms with Crippen LogP contribution in [0.1, 0.15) is 206 Å². The van der Waals surface area contributed by atoms with Crippen LogP contribution in [0.15, 0.2) is 364 Å². The smallest absolute Gasteiger partial charge is 0.0541 e. The maximum atomic E-state index is 2.44. The first-order valence-electron chi connectivity index (χ1n) is 51.5. The lowest BCUT2D eigenvalue weighted by atomic mass is 9.85. The summed E-state index contributed by atoms with van der Waals surface area (Å²) in [7, 11) is 8.49. The third kappa shape index (κ3) is 21.1. The van der Waals surface area contributed by atoms with Gasteiger partial charge in [0.15, 0.2) is 0 Å². The second-order valence-corrected chi connectivity index (χ2v) is 41.9. The molecule has 0 aliphatic carbocycles. The zero-order valence-electron chi connectivity index (χ0n) is 86.6. The van der Waals surface area contributed by atoms with E-state index in [1.165, 1.54) is 226 Å². The van der Waals surface area contributed by atoms with Crippen LogP contribution in [0.5, 0.6) is 0 Å². The summed E-state index contributed by atoms with van der Waals surface area (Å²) in [5.74, 6) is 2.41. The average molecular weight is 1840 g/mol. The summed E-state index contributed by atoms with van der Waals surface area (Å²) in [5.41, 5.74) is 35.9. The number of rotatable bonds is 26. The van der Waals surface area contributed by atoms with Crippen LogP contribution in [-0.2, 0) is 36.5 Å². The van der Waals surface area contributed by atoms with E-state index in [2.05, 4.69) is 541 Å². The number of benzene rings is 16. The monoisotopic (exact) mass is 1840 g/mol. The Labute approximate surface area is 833 Å². The molecule has 0 amide bonds. The van der Waals surface area contributed by atoms with E-state index >= 15 is 0 Å². The fourth-order valence-corrected chi connectivity index (χ4v) is 20.2. The molecule has 20 aromatic rings. The minimum atomic E-state index is 0.105. The molecule has 4 heterocycles. The molecule has 0 bridgehead atoms. The van der Waals surface area contributed by atoms with Crippen molar-refractivity contribution < 1.29 is 0 Å². The van der Waals surface area contributed by atoms with Gasteiger partial charge >= 0.3 is 0 Å². The molecule has 0 spiro atoms. The Morgan fingerprint density at radius 2 is 0.443 bits per heavy atom. The zero-order chi connectivity index (χ0) is 98.2. The maximum Gasteiger partial charge on any atom is 0.0541 e. The number of aromatic nitrogens is 4. The van der Waals surface area contributed by atoms with Crippen LogP contribution < -0.4 is 19.6 Å². The molecule has 0 radical (unpaired) electrons. The fraction of sp³-hybridized carbons (Fsp3) is 0.273. The highest BCUT2D eigenvalue weighted by Crippen LogP contribution is 2.44. The molecule has 712 valence electrons. The van der Waals surface area contributed by atoms with Crippen molar-refractivity contribution in [3.63, 3.8) is 0 Å². The highest BCUT2D eigenvalue weighted by Gasteiger charge is 2.25. The van der Waals surface area contributed by atoms with Crippen LogP contribution >= 0.6 is 0 Å². The number of para-hydroxylation sites is 4. The highest BCUT2D eigenvalue weighted by atomic mass is 15.1. The minimum Gasteiger partial charge on any atom is -0.345 e. The van der Waals surface area contributed by atoms with Gasteiger partial charge in [-0.2, -0.15) is 0 Å². The van der Waals surface area contributed by atoms with Crippen molar-refractivity contribution >= 4 is 133 Å². The number of hydrogen-bond donors (Lipinski definition) is 0. The second kappa shape index (κ2) is 42.7. The number of unbranched alkanes of at least 4 members (excludes halogenated alkanes) is 2. The second-order valence-electron chi connectivity index (χ2n) is 41.9. The lowest BCUT2D eigenvalue weighted by Crippen LogP contribution is -2.10. The van der Waals surface area contributed by atoms with Crippen LogP contribution in [0.2, 0.25) is 0 Å². The fourth-order valence-electron chi connectivity index (χ4n) is 20.2.